The fourth-order valence-corrected chi connectivity index (χ4v) is 6.83. The smallest absolute Gasteiger partial charge is 0.301 e. The Labute approximate surface area is 260 Å². The summed E-state index contributed by atoms with van der Waals surface area (Å²) < 4.78 is 8.05. The van der Waals surface area contributed by atoms with Gasteiger partial charge in [-0.25, -0.2) is 4.98 Å². The van der Waals surface area contributed by atoms with Gasteiger partial charge in [0.15, 0.2) is 10.1 Å². The van der Waals surface area contributed by atoms with E-state index in [4.69, 9.17) is 16.3 Å². The summed E-state index contributed by atoms with van der Waals surface area (Å²) in [5.74, 6) is -0.854. The molecule has 1 fully saturated rings. The first-order chi connectivity index (χ1) is 20.9. The second-order valence-corrected chi connectivity index (χ2v) is 12.2. The molecule has 5 aromatic rings. The van der Waals surface area contributed by atoms with Crippen LogP contribution in [0, 0.1) is 6.92 Å². The number of ketones is 1. The van der Waals surface area contributed by atoms with Crippen molar-refractivity contribution in [1.29, 1.82) is 0 Å². The van der Waals surface area contributed by atoms with Gasteiger partial charge in [0, 0.05) is 17.0 Å². The van der Waals surface area contributed by atoms with Crippen molar-refractivity contribution in [2.75, 3.05) is 11.5 Å². The Bertz CT molecular complexity index is 1900. The third kappa shape index (κ3) is 5.54. The van der Waals surface area contributed by atoms with Gasteiger partial charge in [-0.1, -0.05) is 77.7 Å². The monoisotopic (exact) mass is 629 g/mol. The van der Waals surface area contributed by atoms with Gasteiger partial charge in [-0.05, 0) is 54.4 Å². The van der Waals surface area contributed by atoms with Crippen LogP contribution in [0.4, 0.5) is 5.13 Å². The van der Waals surface area contributed by atoms with Crippen LogP contribution in [0.3, 0.4) is 0 Å². The van der Waals surface area contributed by atoms with Crippen LogP contribution in [-0.2, 0) is 15.3 Å². The zero-order valence-corrected chi connectivity index (χ0v) is 25.2. The number of benzene rings is 2. The van der Waals surface area contributed by atoms with Crippen LogP contribution in [0.15, 0.2) is 95.5 Å². The number of hydrogen-bond donors (Lipinski definition) is 1. The Hall–Kier alpha value is -4.45. The number of anilines is 1. The number of halogens is 1. The lowest BCUT2D eigenvalue weighted by Gasteiger charge is -2.23. The van der Waals surface area contributed by atoms with E-state index in [9.17, 15) is 14.7 Å². The number of Topliss-reactive ketones (excluding diaryl/α,β-unsaturated/α-hetero) is 1. The number of rotatable bonds is 9. The molecule has 0 saturated carbocycles. The van der Waals surface area contributed by atoms with Gasteiger partial charge in [-0.15, -0.1) is 10.2 Å². The number of fused-ring (bicyclic) bond motifs is 1. The number of thioether (sulfide) groups is 1. The fourth-order valence-electron chi connectivity index (χ4n) is 4.89. The predicted molar refractivity (Wildman–Crippen MR) is 168 cm³/mol. The number of aliphatic hydroxyl groups is 1. The van der Waals surface area contributed by atoms with E-state index in [1.165, 1.54) is 28.0 Å². The molecule has 1 saturated heterocycles. The average Bonchev–Trinajstić information content (AvgIpc) is 3.69. The number of aromatic nitrogens is 4. The fraction of sp³-hybridized carbons (Fsp3) is 0.129. The van der Waals surface area contributed by atoms with E-state index in [1.54, 1.807) is 60.0 Å². The van der Waals surface area contributed by atoms with E-state index in [1.807, 2.05) is 30.3 Å². The maximum atomic E-state index is 13.7. The SMILES string of the molecule is C=CCOc1cccc(C2/C(=C(\O)c3c(C)nc4ccccn34)C(=O)C(=O)N2c2nnc(SCc3ccc(Cl)cc3)s2)c1. The molecule has 1 unspecified atom stereocenters. The van der Waals surface area contributed by atoms with Crippen LogP contribution in [0.5, 0.6) is 5.75 Å². The molecule has 4 heterocycles. The average molecular weight is 630 g/mol. The lowest BCUT2D eigenvalue weighted by atomic mass is 9.96. The molecule has 1 atom stereocenters. The van der Waals surface area contributed by atoms with E-state index in [-0.39, 0.29) is 23.1 Å². The standard InChI is InChI=1S/C31H24ClN5O4S2/c1-3-15-41-22-8-6-7-20(16-22)26-24(27(38)25-18(2)33-23-9-4-5-14-36(23)25)28(39)29(40)37(26)30-34-35-31(43-30)42-17-19-10-12-21(32)13-11-19/h3-14,16,26,38H,1,15,17H2,2H3/b27-24+. The normalized spacial score (nSPS) is 16.2. The molecule has 1 aliphatic rings. The number of aliphatic hydroxyl groups excluding tert-OH is 1. The number of ether oxygens (including phenoxy) is 1. The molecule has 1 aliphatic heterocycles. The van der Waals surface area contributed by atoms with E-state index in [2.05, 4.69) is 21.8 Å². The number of imidazole rings is 1. The highest BCUT2D eigenvalue weighted by Crippen LogP contribution is 2.45. The van der Waals surface area contributed by atoms with Crippen molar-refractivity contribution >= 4 is 62.9 Å². The van der Waals surface area contributed by atoms with Gasteiger partial charge in [-0.2, -0.15) is 0 Å². The van der Waals surface area contributed by atoms with Crippen molar-refractivity contribution in [3.05, 3.63) is 119 Å². The molecule has 12 heteroatoms. The number of pyridine rings is 1. The van der Waals surface area contributed by atoms with Crippen molar-refractivity contribution in [3.63, 3.8) is 0 Å². The van der Waals surface area contributed by atoms with Crippen molar-refractivity contribution in [1.82, 2.24) is 19.6 Å². The maximum Gasteiger partial charge on any atom is 0.301 e. The highest BCUT2D eigenvalue weighted by Gasteiger charge is 2.49. The number of carbonyl (C=O) groups is 2. The van der Waals surface area contributed by atoms with Crippen LogP contribution in [0.1, 0.15) is 28.6 Å². The molecule has 216 valence electrons. The minimum Gasteiger partial charge on any atom is -0.505 e. The number of aryl methyl sites for hydroxylation is 1. The predicted octanol–water partition coefficient (Wildman–Crippen LogP) is 6.63. The summed E-state index contributed by atoms with van der Waals surface area (Å²) in [6.45, 7) is 5.71. The van der Waals surface area contributed by atoms with Crippen LogP contribution < -0.4 is 9.64 Å². The van der Waals surface area contributed by atoms with Crippen LogP contribution >= 0.6 is 34.7 Å². The molecule has 0 aliphatic carbocycles. The number of amides is 1. The highest BCUT2D eigenvalue weighted by atomic mass is 35.5. The van der Waals surface area contributed by atoms with Crippen molar-refractivity contribution in [2.24, 2.45) is 0 Å². The van der Waals surface area contributed by atoms with Crippen molar-refractivity contribution in [3.8, 4) is 5.75 Å². The molecule has 9 nitrogen and oxygen atoms in total. The molecule has 6 rings (SSSR count). The zero-order chi connectivity index (χ0) is 30.1. The minimum atomic E-state index is -0.997. The van der Waals surface area contributed by atoms with Gasteiger partial charge in [-0.3, -0.25) is 18.9 Å². The Kier molecular flexibility index (Phi) is 8.02. The van der Waals surface area contributed by atoms with Crippen molar-refractivity contribution < 1.29 is 19.4 Å². The topological polar surface area (TPSA) is 110 Å². The summed E-state index contributed by atoms with van der Waals surface area (Å²) in [4.78, 5) is 33.2. The van der Waals surface area contributed by atoms with Crippen molar-refractivity contribution in [2.45, 2.75) is 23.1 Å². The maximum absolute atomic E-state index is 13.7. The third-order valence-corrected chi connectivity index (χ3v) is 9.17. The Morgan fingerprint density at radius 1 is 1.14 bits per heavy atom. The van der Waals surface area contributed by atoms with E-state index < -0.39 is 17.7 Å². The minimum absolute atomic E-state index is 0.0785. The Balaban J connectivity index is 1.44. The highest BCUT2D eigenvalue weighted by molar-refractivity contribution is 8.00. The van der Waals surface area contributed by atoms with Crippen LogP contribution in [0.2, 0.25) is 5.02 Å². The molecule has 0 radical (unpaired) electrons. The molecular formula is C31H24ClN5O4S2. The molecule has 43 heavy (non-hydrogen) atoms. The van der Waals surface area contributed by atoms with Crippen LogP contribution in [0.25, 0.3) is 11.4 Å². The molecule has 1 N–H and O–H groups in total. The largest absolute Gasteiger partial charge is 0.505 e. The summed E-state index contributed by atoms with van der Waals surface area (Å²) in [6, 6.07) is 19.0. The second-order valence-electron chi connectivity index (χ2n) is 9.58. The molecular weight excluding hydrogens is 606 g/mol. The first-order valence-electron chi connectivity index (χ1n) is 13.1. The summed E-state index contributed by atoms with van der Waals surface area (Å²) >= 11 is 8.65. The molecule has 1 amide bonds. The van der Waals surface area contributed by atoms with E-state index >= 15 is 0 Å². The molecule has 0 bridgehead atoms. The quantitative estimate of drug-likeness (QED) is 0.0483. The summed E-state index contributed by atoms with van der Waals surface area (Å²) in [6.07, 6.45) is 3.37. The van der Waals surface area contributed by atoms with Gasteiger partial charge in [0.05, 0.1) is 17.3 Å². The number of carbonyl (C=O) groups excluding carboxylic acids is 2. The summed E-state index contributed by atoms with van der Waals surface area (Å²) in [5.41, 5.74) is 2.96. The van der Waals surface area contributed by atoms with Gasteiger partial charge in [0.1, 0.15) is 23.7 Å². The molecule has 3 aromatic heterocycles. The van der Waals surface area contributed by atoms with Gasteiger partial charge < -0.3 is 9.84 Å². The third-order valence-electron chi connectivity index (χ3n) is 6.79. The summed E-state index contributed by atoms with van der Waals surface area (Å²) in [7, 11) is 0. The molecule has 2 aromatic carbocycles. The number of nitrogens with zero attached hydrogens (tertiary/aromatic N) is 5. The van der Waals surface area contributed by atoms with E-state index in [0.29, 0.717) is 43.5 Å². The van der Waals surface area contributed by atoms with Crippen LogP contribution in [-0.4, -0.2) is 43.0 Å². The Morgan fingerprint density at radius 3 is 2.74 bits per heavy atom. The van der Waals surface area contributed by atoms with E-state index in [0.717, 1.165) is 5.56 Å². The lowest BCUT2D eigenvalue weighted by Crippen LogP contribution is -2.29. The van der Waals surface area contributed by atoms with Gasteiger partial charge in [0.25, 0.3) is 5.78 Å². The summed E-state index contributed by atoms with van der Waals surface area (Å²) in [5, 5.41) is 21.2. The van der Waals surface area contributed by atoms with Gasteiger partial charge in [0.2, 0.25) is 5.13 Å². The first kappa shape index (κ1) is 28.7. The molecule has 0 spiro atoms. The Morgan fingerprint density at radius 2 is 1.95 bits per heavy atom. The van der Waals surface area contributed by atoms with Gasteiger partial charge >= 0.3 is 5.91 Å². The second kappa shape index (κ2) is 12.0. The number of hydrogen-bond acceptors (Lipinski definition) is 9. The zero-order valence-electron chi connectivity index (χ0n) is 22.8. The lowest BCUT2D eigenvalue weighted by molar-refractivity contribution is -0.132. The first-order valence-corrected chi connectivity index (χ1v) is 15.3.